The van der Waals surface area contributed by atoms with Crippen molar-refractivity contribution in [2.24, 2.45) is 0 Å². The summed E-state index contributed by atoms with van der Waals surface area (Å²) in [6.07, 6.45) is 2.71. The lowest BCUT2D eigenvalue weighted by molar-refractivity contribution is -0.131. The van der Waals surface area contributed by atoms with Crippen LogP contribution in [0.3, 0.4) is 0 Å². The van der Waals surface area contributed by atoms with E-state index in [0.717, 1.165) is 41.1 Å². The van der Waals surface area contributed by atoms with Gasteiger partial charge in [0, 0.05) is 49.7 Å². The van der Waals surface area contributed by atoms with E-state index in [1.54, 1.807) is 4.52 Å². The summed E-state index contributed by atoms with van der Waals surface area (Å²) in [6, 6.07) is 16.2. The Bertz CT molecular complexity index is 1240. The summed E-state index contributed by atoms with van der Waals surface area (Å²) in [5.74, 6) is 2.63. The Kier molecular flexibility index (Phi) is 5.58. The average molecular weight is 431 g/mol. The van der Waals surface area contributed by atoms with Gasteiger partial charge in [0.15, 0.2) is 0 Å². The van der Waals surface area contributed by atoms with Crippen molar-refractivity contribution in [2.45, 2.75) is 19.8 Å². The van der Waals surface area contributed by atoms with Crippen LogP contribution in [0, 0.1) is 6.92 Å². The lowest BCUT2D eigenvalue weighted by Gasteiger charge is -2.36. The van der Waals surface area contributed by atoms with Gasteiger partial charge >= 0.3 is 0 Å². The van der Waals surface area contributed by atoms with Crippen LogP contribution >= 0.6 is 0 Å². The number of aryl methyl sites for hydroxylation is 1. The number of benzene rings is 2. The molecule has 0 atom stereocenters. The highest BCUT2D eigenvalue weighted by molar-refractivity contribution is 5.88. The van der Waals surface area contributed by atoms with Crippen LogP contribution in [-0.4, -0.2) is 63.2 Å². The Hall–Kier alpha value is -3.68. The van der Waals surface area contributed by atoms with Crippen molar-refractivity contribution in [1.29, 1.82) is 0 Å². The highest BCUT2D eigenvalue weighted by Gasteiger charge is 2.23. The number of hydrogen-bond acceptors (Lipinski definition) is 6. The number of amides is 1. The minimum absolute atomic E-state index is 0.183. The monoisotopic (exact) mass is 430 g/mol. The molecule has 8 heteroatoms. The summed E-state index contributed by atoms with van der Waals surface area (Å²) in [6.45, 7) is 5.40. The second-order valence-corrected chi connectivity index (χ2v) is 8.02. The molecule has 1 saturated heterocycles. The van der Waals surface area contributed by atoms with Gasteiger partial charge in [-0.25, -0.2) is 4.98 Å². The maximum Gasteiger partial charge on any atom is 0.254 e. The van der Waals surface area contributed by atoms with Crippen molar-refractivity contribution >= 4 is 28.3 Å². The SMILES string of the molecule is Cc1cc(N2CCN(C(=O)CCCOc3cccc4ccccc34)CC2)n2ncnc2n1. The molecule has 0 radical (unpaired) electrons. The molecular weight excluding hydrogens is 404 g/mol. The van der Waals surface area contributed by atoms with Gasteiger partial charge in [-0.05, 0) is 24.8 Å². The van der Waals surface area contributed by atoms with Crippen molar-refractivity contribution in [3.05, 3.63) is 60.6 Å². The number of hydrogen-bond donors (Lipinski definition) is 0. The average Bonchev–Trinajstić information content (AvgIpc) is 3.30. The molecule has 0 aliphatic carbocycles. The molecule has 0 saturated carbocycles. The smallest absolute Gasteiger partial charge is 0.254 e. The first-order chi connectivity index (χ1) is 15.7. The summed E-state index contributed by atoms with van der Waals surface area (Å²) in [5, 5.41) is 6.55. The Morgan fingerprint density at radius 3 is 2.75 bits per heavy atom. The molecule has 2 aromatic heterocycles. The third-order valence-electron chi connectivity index (χ3n) is 5.86. The molecule has 4 aromatic rings. The van der Waals surface area contributed by atoms with Crippen LogP contribution in [0.4, 0.5) is 5.82 Å². The van der Waals surface area contributed by atoms with E-state index in [-0.39, 0.29) is 5.91 Å². The number of rotatable bonds is 6. The van der Waals surface area contributed by atoms with Crippen LogP contribution < -0.4 is 9.64 Å². The molecule has 1 aliphatic rings. The zero-order chi connectivity index (χ0) is 21.9. The lowest BCUT2D eigenvalue weighted by atomic mass is 10.1. The Morgan fingerprint density at radius 2 is 1.88 bits per heavy atom. The molecule has 0 N–H and O–H groups in total. The first-order valence-electron chi connectivity index (χ1n) is 11.0. The van der Waals surface area contributed by atoms with Gasteiger partial charge in [0.2, 0.25) is 5.91 Å². The summed E-state index contributed by atoms with van der Waals surface area (Å²) < 4.78 is 7.73. The number of nitrogens with zero attached hydrogens (tertiary/aromatic N) is 6. The van der Waals surface area contributed by atoms with Gasteiger partial charge in [-0.2, -0.15) is 14.6 Å². The van der Waals surface area contributed by atoms with Gasteiger partial charge in [-0.3, -0.25) is 4.79 Å². The normalized spacial score (nSPS) is 14.3. The third-order valence-corrected chi connectivity index (χ3v) is 5.86. The number of piperazine rings is 1. The standard InChI is InChI=1S/C24H26N6O2/c1-18-16-22(30-24(27-18)25-17-26-30)28-11-13-29(14-12-28)23(31)10-5-15-32-21-9-4-7-19-6-2-3-8-20(19)21/h2-4,6-9,16-17H,5,10-15H2,1H3. The molecule has 2 aromatic carbocycles. The van der Waals surface area contributed by atoms with Crippen molar-refractivity contribution < 1.29 is 9.53 Å². The molecule has 3 heterocycles. The molecule has 32 heavy (non-hydrogen) atoms. The second-order valence-electron chi connectivity index (χ2n) is 8.02. The number of anilines is 1. The minimum Gasteiger partial charge on any atom is -0.493 e. The predicted molar refractivity (Wildman–Crippen MR) is 123 cm³/mol. The molecular formula is C24H26N6O2. The van der Waals surface area contributed by atoms with E-state index >= 15 is 0 Å². The first kappa shape index (κ1) is 20.2. The lowest BCUT2D eigenvalue weighted by Crippen LogP contribution is -2.49. The van der Waals surface area contributed by atoms with Crippen LogP contribution in [0.2, 0.25) is 0 Å². The maximum absolute atomic E-state index is 12.7. The first-order valence-corrected chi connectivity index (χ1v) is 11.0. The fourth-order valence-electron chi connectivity index (χ4n) is 4.21. The second kappa shape index (κ2) is 8.82. The Labute approximate surface area is 186 Å². The zero-order valence-corrected chi connectivity index (χ0v) is 18.1. The van der Waals surface area contributed by atoms with Crippen LogP contribution in [0.1, 0.15) is 18.5 Å². The molecule has 1 fully saturated rings. The van der Waals surface area contributed by atoms with Crippen molar-refractivity contribution in [3.63, 3.8) is 0 Å². The van der Waals surface area contributed by atoms with Crippen molar-refractivity contribution in [3.8, 4) is 5.75 Å². The van der Waals surface area contributed by atoms with E-state index < -0.39 is 0 Å². The van der Waals surface area contributed by atoms with Gasteiger partial charge in [0.05, 0.1) is 6.61 Å². The maximum atomic E-state index is 12.7. The van der Waals surface area contributed by atoms with Crippen LogP contribution in [-0.2, 0) is 4.79 Å². The van der Waals surface area contributed by atoms with Crippen molar-refractivity contribution in [2.75, 3.05) is 37.7 Å². The van der Waals surface area contributed by atoms with Crippen LogP contribution in [0.25, 0.3) is 16.6 Å². The molecule has 0 unspecified atom stereocenters. The quantitative estimate of drug-likeness (QED) is 0.438. The van der Waals surface area contributed by atoms with Gasteiger partial charge in [-0.15, -0.1) is 0 Å². The summed E-state index contributed by atoms with van der Waals surface area (Å²) >= 11 is 0. The van der Waals surface area contributed by atoms with E-state index in [1.807, 2.05) is 42.2 Å². The van der Waals surface area contributed by atoms with E-state index in [0.29, 0.717) is 38.3 Å². The summed E-state index contributed by atoms with van der Waals surface area (Å²) in [7, 11) is 0. The fraction of sp³-hybridized carbons (Fsp3) is 0.333. The third kappa shape index (κ3) is 4.08. The molecule has 0 bridgehead atoms. The summed E-state index contributed by atoms with van der Waals surface area (Å²) in [5.41, 5.74) is 0.908. The molecule has 1 amide bonds. The van der Waals surface area contributed by atoms with Crippen molar-refractivity contribution in [1.82, 2.24) is 24.5 Å². The molecule has 1 aliphatic heterocycles. The van der Waals surface area contributed by atoms with Crippen LogP contribution in [0.5, 0.6) is 5.75 Å². The Balaban J connectivity index is 1.12. The largest absolute Gasteiger partial charge is 0.493 e. The van der Waals surface area contributed by atoms with Gasteiger partial charge in [0.25, 0.3) is 5.78 Å². The molecule has 8 nitrogen and oxygen atoms in total. The van der Waals surface area contributed by atoms with Crippen LogP contribution in [0.15, 0.2) is 54.9 Å². The highest BCUT2D eigenvalue weighted by atomic mass is 16.5. The number of aromatic nitrogens is 4. The number of carbonyl (C=O) groups is 1. The van der Waals surface area contributed by atoms with E-state index in [2.05, 4.69) is 38.2 Å². The predicted octanol–water partition coefficient (Wildman–Crippen LogP) is 3.09. The van der Waals surface area contributed by atoms with E-state index in [4.69, 9.17) is 4.74 Å². The Morgan fingerprint density at radius 1 is 1.06 bits per heavy atom. The van der Waals surface area contributed by atoms with Gasteiger partial charge in [-0.1, -0.05) is 36.4 Å². The number of fused-ring (bicyclic) bond motifs is 2. The molecule has 164 valence electrons. The van der Waals surface area contributed by atoms with Gasteiger partial charge in [0.1, 0.15) is 17.9 Å². The topological polar surface area (TPSA) is 75.9 Å². The van der Waals surface area contributed by atoms with E-state index in [9.17, 15) is 4.79 Å². The molecule has 5 rings (SSSR count). The van der Waals surface area contributed by atoms with E-state index in [1.165, 1.54) is 6.33 Å². The zero-order valence-electron chi connectivity index (χ0n) is 18.1. The minimum atomic E-state index is 0.183. The summed E-state index contributed by atoms with van der Waals surface area (Å²) in [4.78, 5) is 25.5. The van der Waals surface area contributed by atoms with Gasteiger partial charge < -0.3 is 14.5 Å². The fourth-order valence-corrected chi connectivity index (χ4v) is 4.21. The highest BCUT2D eigenvalue weighted by Crippen LogP contribution is 2.25. The number of carbonyl (C=O) groups excluding carboxylic acids is 1. The number of ether oxygens (including phenoxy) is 1. The molecule has 0 spiro atoms.